The average molecular weight is 198 g/mol. The minimum atomic E-state index is -0.918. The normalized spacial score (nSPS) is 8.62. The van der Waals surface area contributed by atoms with E-state index in [2.05, 4.69) is 14.1 Å². The first-order valence-corrected chi connectivity index (χ1v) is 4.11. The van der Waals surface area contributed by atoms with Crippen molar-refractivity contribution in [3.63, 3.8) is 0 Å². The Balaban J connectivity index is 0.000000145. The van der Waals surface area contributed by atoms with Crippen LogP contribution in [0.5, 0.6) is 0 Å². The van der Waals surface area contributed by atoms with Crippen LogP contribution in [-0.4, -0.2) is 20.6 Å². The maximum absolute atomic E-state index is 10.0. The first kappa shape index (κ1) is 9.40. The molecule has 2 rings (SSSR count). The average Bonchev–Trinajstić information content (AvgIpc) is 2.82. The zero-order valence-electron chi connectivity index (χ0n) is 6.45. The number of hydrogen-bond acceptors (Lipinski definition) is 5. The van der Waals surface area contributed by atoms with Gasteiger partial charge in [0.05, 0.1) is 18.0 Å². The third-order valence-corrected chi connectivity index (χ3v) is 1.61. The monoisotopic (exact) mass is 198 g/mol. The Morgan fingerprint density at radius 3 is 2.69 bits per heavy atom. The Bertz CT molecular complexity index is 313. The molecule has 0 saturated carbocycles. The summed E-state index contributed by atoms with van der Waals surface area (Å²) in [6.45, 7) is 0. The van der Waals surface area contributed by atoms with Gasteiger partial charge in [-0.3, -0.25) is 0 Å². The van der Waals surface area contributed by atoms with E-state index in [0.29, 0.717) is 0 Å². The Labute approximate surface area is 77.8 Å². The van der Waals surface area contributed by atoms with Gasteiger partial charge in [0.1, 0.15) is 6.26 Å². The first-order chi connectivity index (χ1) is 6.30. The molecule has 0 aliphatic rings. The molecule has 5 nitrogen and oxygen atoms in total. The molecule has 13 heavy (non-hydrogen) atoms. The summed E-state index contributed by atoms with van der Waals surface area (Å²) in [5.41, 5.74) is 0.259. The number of rotatable bonds is 1. The molecule has 0 amide bonds. The zero-order chi connectivity index (χ0) is 9.52. The lowest BCUT2D eigenvalue weighted by atomic mass is 10.4. The van der Waals surface area contributed by atoms with Gasteiger partial charge in [-0.05, 0) is 17.6 Å². The van der Waals surface area contributed by atoms with Crippen LogP contribution in [0.2, 0.25) is 0 Å². The van der Waals surface area contributed by atoms with E-state index < -0.39 is 5.97 Å². The lowest BCUT2D eigenvalue weighted by Crippen LogP contribution is -1.91. The van der Waals surface area contributed by atoms with Crippen molar-refractivity contribution in [3.8, 4) is 0 Å². The first-order valence-electron chi connectivity index (χ1n) is 3.27. The fourth-order valence-electron chi connectivity index (χ4n) is 0.486. The van der Waals surface area contributed by atoms with Crippen molar-refractivity contribution in [2.45, 2.75) is 0 Å². The second-order valence-electron chi connectivity index (χ2n) is 1.91. The molecule has 0 spiro atoms. The summed E-state index contributed by atoms with van der Waals surface area (Å²) in [5, 5.41) is 13.1. The number of carboxylic acids is 1. The predicted molar refractivity (Wildman–Crippen MR) is 45.6 cm³/mol. The molecule has 0 radical (unpaired) electrons. The molecule has 0 aliphatic heterocycles. The van der Waals surface area contributed by atoms with Crippen molar-refractivity contribution in [1.29, 1.82) is 0 Å². The molecular formula is C7H6N2O3S. The highest BCUT2D eigenvalue weighted by molar-refractivity contribution is 7.03. The van der Waals surface area contributed by atoms with Crippen LogP contribution >= 0.6 is 11.5 Å². The van der Waals surface area contributed by atoms with Crippen molar-refractivity contribution in [1.82, 2.24) is 9.53 Å². The topological polar surface area (TPSA) is 76.2 Å². The summed E-state index contributed by atoms with van der Waals surface area (Å²) in [4.78, 5) is 10.0. The molecular weight excluding hydrogens is 192 g/mol. The van der Waals surface area contributed by atoms with Gasteiger partial charge in [0.2, 0.25) is 0 Å². The molecule has 2 aromatic rings. The largest absolute Gasteiger partial charge is 0.478 e. The van der Waals surface area contributed by atoms with E-state index in [9.17, 15) is 4.79 Å². The quantitative estimate of drug-likeness (QED) is 0.751. The van der Waals surface area contributed by atoms with Crippen molar-refractivity contribution in [3.05, 3.63) is 35.7 Å². The molecule has 68 valence electrons. The van der Waals surface area contributed by atoms with E-state index >= 15 is 0 Å². The highest BCUT2D eigenvalue weighted by atomic mass is 32.1. The molecule has 0 unspecified atom stereocenters. The predicted octanol–water partition coefficient (Wildman–Crippen LogP) is 1.52. The van der Waals surface area contributed by atoms with Crippen LogP contribution in [-0.2, 0) is 0 Å². The highest BCUT2D eigenvalue weighted by Gasteiger charge is 2.00. The van der Waals surface area contributed by atoms with Crippen molar-refractivity contribution in [2.75, 3.05) is 0 Å². The number of hydrogen-bond donors (Lipinski definition) is 1. The van der Waals surface area contributed by atoms with E-state index in [1.54, 1.807) is 12.3 Å². The van der Waals surface area contributed by atoms with Gasteiger partial charge in [0.25, 0.3) is 0 Å². The molecule has 0 bridgehead atoms. The lowest BCUT2D eigenvalue weighted by Gasteiger charge is -1.77. The van der Waals surface area contributed by atoms with Crippen molar-refractivity contribution < 1.29 is 14.4 Å². The molecule has 2 aromatic heterocycles. The highest BCUT2D eigenvalue weighted by Crippen LogP contribution is 1.99. The maximum Gasteiger partial charge on any atom is 0.338 e. The van der Waals surface area contributed by atoms with Crippen molar-refractivity contribution in [2.24, 2.45) is 0 Å². The molecule has 1 N–H and O–H groups in total. The summed E-state index contributed by atoms with van der Waals surface area (Å²) in [6.07, 6.45) is 4.42. The number of carboxylic acid groups (broad SMARTS) is 1. The standard InChI is InChI=1S/C4H3NO2S.C3H3NO/c6-4(7)3-1-5-8-2-3;1-2-4-5-3-1/h1-2H,(H,6,7);1-3H. The van der Waals surface area contributed by atoms with Gasteiger partial charge in [0.15, 0.2) is 0 Å². The molecule has 2 heterocycles. The minimum Gasteiger partial charge on any atom is -0.478 e. The summed E-state index contributed by atoms with van der Waals surface area (Å²) < 4.78 is 7.94. The lowest BCUT2D eigenvalue weighted by molar-refractivity contribution is 0.0697. The smallest absolute Gasteiger partial charge is 0.338 e. The third-order valence-electron chi connectivity index (χ3n) is 1.03. The Morgan fingerprint density at radius 2 is 2.46 bits per heavy atom. The Kier molecular flexibility index (Phi) is 3.65. The van der Waals surface area contributed by atoms with E-state index in [0.717, 1.165) is 11.5 Å². The van der Waals surface area contributed by atoms with Gasteiger partial charge in [0, 0.05) is 5.38 Å². The van der Waals surface area contributed by atoms with E-state index in [1.165, 1.54) is 17.8 Å². The van der Waals surface area contributed by atoms with Gasteiger partial charge in [-0.1, -0.05) is 5.16 Å². The second kappa shape index (κ2) is 5.04. The fourth-order valence-corrected chi connectivity index (χ4v) is 0.997. The van der Waals surface area contributed by atoms with Gasteiger partial charge in [-0.2, -0.15) is 0 Å². The Hall–Kier alpha value is -1.69. The van der Waals surface area contributed by atoms with Gasteiger partial charge < -0.3 is 9.63 Å². The van der Waals surface area contributed by atoms with Crippen LogP contribution in [0.25, 0.3) is 0 Å². The molecule has 0 atom stereocenters. The van der Waals surface area contributed by atoms with Gasteiger partial charge in [-0.25, -0.2) is 9.17 Å². The van der Waals surface area contributed by atoms with Crippen LogP contribution in [0.4, 0.5) is 0 Å². The number of aromatic nitrogens is 2. The maximum atomic E-state index is 10.0. The van der Waals surface area contributed by atoms with Crippen LogP contribution in [0, 0.1) is 0 Å². The Morgan fingerprint density at radius 1 is 1.62 bits per heavy atom. The van der Waals surface area contributed by atoms with Gasteiger partial charge >= 0.3 is 5.97 Å². The number of carbonyl (C=O) groups is 1. The van der Waals surface area contributed by atoms with Crippen LogP contribution in [0.1, 0.15) is 10.4 Å². The number of aromatic carboxylic acids is 1. The summed E-state index contributed by atoms with van der Waals surface area (Å²) in [6, 6.07) is 1.72. The summed E-state index contributed by atoms with van der Waals surface area (Å²) >= 11 is 1.14. The summed E-state index contributed by atoms with van der Waals surface area (Å²) in [7, 11) is 0. The molecule has 0 aliphatic carbocycles. The van der Waals surface area contributed by atoms with Crippen LogP contribution in [0.3, 0.4) is 0 Å². The second-order valence-corrected chi connectivity index (χ2v) is 2.56. The minimum absolute atomic E-state index is 0.259. The van der Waals surface area contributed by atoms with E-state index in [1.807, 2.05) is 0 Å². The van der Waals surface area contributed by atoms with Crippen molar-refractivity contribution >= 4 is 17.5 Å². The molecule has 0 saturated heterocycles. The zero-order valence-corrected chi connectivity index (χ0v) is 7.27. The van der Waals surface area contributed by atoms with Crippen LogP contribution in [0.15, 0.2) is 34.6 Å². The molecule has 6 heteroatoms. The van der Waals surface area contributed by atoms with E-state index in [-0.39, 0.29) is 5.56 Å². The fraction of sp³-hybridized carbons (Fsp3) is 0. The molecule has 0 fully saturated rings. The van der Waals surface area contributed by atoms with E-state index in [4.69, 9.17) is 5.11 Å². The SMILES string of the molecule is O=C(O)c1cnsc1.c1cnoc1. The number of nitrogens with zero attached hydrogens (tertiary/aromatic N) is 2. The van der Waals surface area contributed by atoms with Gasteiger partial charge in [-0.15, -0.1) is 0 Å². The molecule has 0 aromatic carbocycles. The summed E-state index contributed by atoms with van der Waals surface area (Å²) in [5.74, 6) is -0.918. The third kappa shape index (κ3) is 3.48. The van der Waals surface area contributed by atoms with Crippen LogP contribution < -0.4 is 0 Å².